The van der Waals surface area contributed by atoms with Gasteiger partial charge in [0.05, 0.1) is 18.1 Å². The number of nitrogens with zero attached hydrogens (tertiary/aromatic N) is 3. The molecule has 0 spiro atoms. The number of thiazole rings is 1. The van der Waals surface area contributed by atoms with Gasteiger partial charge in [-0.05, 0) is 55.0 Å². The van der Waals surface area contributed by atoms with Crippen LogP contribution >= 0.6 is 11.3 Å². The van der Waals surface area contributed by atoms with E-state index in [-0.39, 0.29) is 17.8 Å². The number of carbonyl (C=O) groups is 1. The molecule has 2 heterocycles. The number of amides is 1. The van der Waals surface area contributed by atoms with Gasteiger partial charge in [-0.15, -0.1) is 11.3 Å². The molecule has 7 heteroatoms. The lowest BCUT2D eigenvalue weighted by Gasteiger charge is -2.13. The number of nitrogens with one attached hydrogen (secondary N) is 1. The van der Waals surface area contributed by atoms with Gasteiger partial charge in [-0.1, -0.05) is 12.1 Å². The predicted octanol–water partition coefficient (Wildman–Crippen LogP) is 5.03. The van der Waals surface area contributed by atoms with E-state index in [1.807, 2.05) is 47.3 Å². The molecule has 0 aliphatic rings. The van der Waals surface area contributed by atoms with Gasteiger partial charge in [0.15, 0.2) is 0 Å². The molecule has 0 aliphatic carbocycles. The van der Waals surface area contributed by atoms with Gasteiger partial charge in [-0.25, -0.2) is 14.4 Å². The zero-order valence-electron chi connectivity index (χ0n) is 16.2. The average Bonchev–Trinajstić information content (AvgIpc) is 3.45. The number of halogens is 1. The van der Waals surface area contributed by atoms with Crippen molar-refractivity contribution in [2.75, 3.05) is 0 Å². The highest BCUT2D eigenvalue weighted by molar-refractivity contribution is 7.13. The van der Waals surface area contributed by atoms with Crippen molar-refractivity contribution in [3.63, 3.8) is 0 Å². The van der Waals surface area contributed by atoms with Crippen LogP contribution in [-0.2, 0) is 4.79 Å². The first-order valence-corrected chi connectivity index (χ1v) is 10.2. The quantitative estimate of drug-likeness (QED) is 0.447. The second-order valence-corrected chi connectivity index (χ2v) is 7.57. The molecule has 0 radical (unpaired) electrons. The number of imidazole rings is 1. The van der Waals surface area contributed by atoms with E-state index in [0.29, 0.717) is 5.69 Å². The van der Waals surface area contributed by atoms with Gasteiger partial charge in [0.1, 0.15) is 10.8 Å². The summed E-state index contributed by atoms with van der Waals surface area (Å²) in [7, 11) is 0. The van der Waals surface area contributed by atoms with Crippen LogP contribution < -0.4 is 5.32 Å². The maximum atomic E-state index is 13.1. The molecule has 0 aliphatic heterocycles. The molecule has 2 aromatic carbocycles. The highest BCUT2D eigenvalue weighted by atomic mass is 32.1. The van der Waals surface area contributed by atoms with E-state index < -0.39 is 0 Å². The number of benzene rings is 2. The van der Waals surface area contributed by atoms with Crippen LogP contribution in [0.25, 0.3) is 22.3 Å². The van der Waals surface area contributed by atoms with Gasteiger partial charge >= 0.3 is 0 Å². The molecule has 0 fully saturated rings. The molecule has 150 valence electrons. The van der Waals surface area contributed by atoms with E-state index in [1.54, 1.807) is 30.7 Å². The maximum absolute atomic E-state index is 13.1. The fraction of sp³-hybridized carbons (Fsp3) is 0.0870. The van der Waals surface area contributed by atoms with Crippen molar-refractivity contribution in [2.24, 2.45) is 0 Å². The first-order chi connectivity index (χ1) is 14.6. The Kier molecular flexibility index (Phi) is 5.81. The largest absolute Gasteiger partial charge is 0.346 e. The Hall–Kier alpha value is -3.58. The lowest BCUT2D eigenvalue weighted by atomic mass is 10.1. The number of hydrogen-bond donors (Lipinski definition) is 1. The van der Waals surface area contributed by atoms with Gasteiger partial charge in [0, 0.05) is 35.1 Å². The summed E-state index contributed by atoms with van der Waals surface area (Å²) in [5, 5.41) is 5.60. The zero-order valence-corrected chi connectivity index (χ0v) is 17.0. The molecule has 5 nitrogen and oxygen atoms in total. The number of rotatable bonds is 6. The van der Waals surface area contributed by atoms with Crippen LogP contribution in [0.1, 0.15) is 24.2 Å². The second kappa shape index (κ2) is 8.84. The minimum atomic E-state index is -0.280. The molecule has 1 atom stereocenters. The first-order valence-electron chi connectivity index (χ1n) is 9.37. The predicted molar refractivity (Wildman–Crippen MR) is 117 cm³/mol. The normalized spacial score (nSPS) is 12.2. The number of carbonyl (C=O) groups excluding carboxylic acids is 1. The Morgan fingerprint density at radius 3 is 2.63 bits per heavy atom. The summed E-state index contributed by atoms with van der Waals surface area (Å²) in [5.74, 6) is -0.477. The second-order valence-electron chi connectivity index (χ2n) is 6.71. The smallest absolute Gasteiger partial charge is 0.244 e. The van der Waals surface area contributed by atoms with Crippen LogP contribution in [0.4, 0.5) is 4.39 Å². The van der Waals surface area contributed by atoms with Crippen LogP contribution in [-0.4, -0.2) is 20.4 Å². The van der Waals surface area contributed by atoms with E-state index in [2.05, 4.69) is 15.3 Å². The van der Waals surface area contributed by atoms with E-state index in [1.165, 1.54) is 29.5 Å². The molecule has 4 aromatic rings. The van der Waals surface area contributed by atoms with Crippen molar-refractivity contribution in [1.29, 1.82) is 0 Å². The third-order valence-corrected chi connectivity index (χ3v) is 5.48. The van der Waals surface area contributed by atoms with Gasteiger partial charge in [0.2, 0.25) is 5.91 Å². The summed E-state index contributed by atoms with van der Waals surface area (Å²) in [4.78, 5) is 20.8. The van der Waals surface area contributed by atoms with Crippen LogP contribution in [0, 0.1) is 5.82 Å². The monoisotopic (exact) mass is 418 g/mol. The third-order valence-electron chi connectivity index (χ3n) is 4.57. The molecule has 0 unspecified atom stereocenters. The molecule has 1 amide bonds. The Morgan fingerprint density at radius 2 is 1.93 bits per heavy atom. The SMILES string of the molecule is C[C@@H](NC(=O)/C=C/c1csc(-c2ccc(F)cc2)n1)c1ccc(-n2ccnc2)cc1. The summed E-state index contributed by atoms with van der Waals surface area (Å²) in [5.41, 5.74) is 3.55. The van der Waals surface area contributed by atoms with E-state index in [9.17, 15) is 9.18 Å². The van der Waals surface area contributed by atoms with E-state index in [4.69, 9.17) is 0 Å². The van der Waals surface area contributed by atoms with Crippen LogP contribution in [0.15, 0.2) is 78.7 Å². The van der Waals surface area contributed by atoms with Crippen molar-refractivity contribution in [1.82, 2.24) is 19.9 Å². The van der Waals surface area contributed by atoms with Crippen molar-refractivity contribution < 1.29 is 9.18 Å². The molecule has 1 N–H and O–H groups in total. The minimum absolute atomic E-state index is 0.135. The highest BCUT2D eigenvalue weighted by Crippen LogP contribution is 2.24. The number of hydrogen-bond acceptors (Lipinski definition) is 4. The molecule has 0 saturated heterocycles. The summed E-state index contributed by atoms with van der Waals surface area (Å²) in [6.45, 7) is 1.94. The molecular weight excluding hydrogens is 399 g/mol. The lowest BCUT2D eigenvalue weighted by molar-refractivity contribution is -0.117. The topological polar surface area (TPSA) is 59.8 Å². The fourth-order valence-electron chi connectivity index (χ4n) is 2.94. The Labute approximate surface area is 177 Å². The summed E-state index contributed by atoms with van der Waals surface area (Å²) >= 11 is 1.45. The minimum Gasteiger partial charge on any atom is -0.346 e. The van der Waals surface area contributed by atoms with E-state index in [0.717, 1.165) is 21.8 Å². The molecule has 4 rings (SSSR count). The van der Waals surface area contributed by atoms with Crippen LogP contribution in [0.3, 0.4) is 0 Å². The van der Waals surface area contributed by atoms with E-state index >= 15 is 0 Å². The van der Waals surface area contributed by atoms with Crippen molar-refractivity contribution in [3.05, 3.63) is 95.8 Å². The standard InChI is InChI=1S/C23H19FN4OS/c1-16(17-4-9-21(10-5-17)28-13-12-25-15-28)26-22(29)11-8-20-14-30-23(27-20)18-2-6-19(24)7-3-18/h2-16H,1H3,(H,26,29)/b11-8+/t16-/m1/s1. The van der Waals surface area contributed by atoms with Gasteiger partial charge in [-0.3, -0.25) is 4.79 Å². The van der Waals surface area contributed by atoms with Crippen molar-refractivity contribution in [3.8, 4) is 16.3 Å². The first kappa shape index (κ1) is 19.7. The average molecular weight is 418 g/mol. The molecule has 0 saturated carbocycles. The van der Waals surface area contributed by atoms with Gasteiger partial charge in [0.25, 0.3) is 0 Å². The molecule has 30 heavy (non-hydrogen) atoms. The Bertz CT molecular complexity index is 1150. The van der Waals surface area contributed by atoms with Crippen molar-refractivity contribution in [2.45, 2.75) is 13.0 Å². The Morgan fingerprint density at radius 1 is 1.17 bits per heavy atom. The van der Waals surface area contributed by atoms with Crippen molar-refractivity contribution >= 4 is 23.3 Å². The van der Waals surface area contributed by atoms with Crippen LogP contribution in [0.5, 0.6) is 0 Å². The Balaban J connectivity index is 1.36. The van der Waals surface area contributed by atoms with Crippen LogP contribution in [0.2, 0.25) is 0 Å². The van der Waals surface area contributed by atoms with Gasteiger partial charge < -0.3 is 9.88 Å². The number of aromatic nitrogens is 3. The molecular formula is C23H19FN4OS. The summed E-state index contributed by atoms with van der Waals surface area (Å²) in [6.07, 6.45) is 8.50. The maximum Gasteiger partial charge on any atom is 0.244 e. The molecule has 2 aromatic heterocycles. The highest BCUT2D eigenvalue weighted by Gasteiger charge is 2.09. The fourth-order valence-corrected chi connectivity index (χ4v) is 3.73. The lowest BCUT2D eigenvalue weighted by Crippen LogP contribution is -2.24. The molecule has 0 bridgehead atoms. The van der Waals surface area contributed by atoms with Gasteiger partial charge in [-0.2, -0.15) is 0 Å². The summed E-state index contributed by atoms with van der Waals surface area (Å²) < 4.78 is 15.0. The zero-order chi connectivity index (χ0) is 20.9. The summed E-state index contributed by atoms with van der Waals surface area (Å²) in [6, 6.07) is 14.0. The third kappa shape index (κ3) is 4.69.